The summed E-state index contributed by atoms with van der Waals surface area (Å²) in [7, 11) is -7.46. The van der Waals surface area contributed by atoms with Gasteiger partial charge in [0.05, 0.1) is 9.79 Å². The molecule has 0 bridgehead atoms. The second-order valence-corrected chi connectivity index (χ2v) is 12.7. The molecule has 10 heteroatoms. The third-order valence-electron chi connectivity index (χ3n) is 5.03. The largest absolute Gasteiger partial charge is 0.243 e. The highest BCUT2D eigenvalue weighted by molar-refractivity contribution is 9.10. The highest BCUT2D eigenvalue weighted by Gasteiger charge is 2.39. The van der Waals surface area contributed by atoms with E-state index >= 15 is 0 Å². The van der Waals surface area contributed by atoms with Crippen LogP contribution in [0.15, 0.2) is 55.1 Å². The van der Waals surface area contributed by atoms with Gasteiger partial charge in [0.2, 0.25) is 20.0 Å². The van der Waals surface area contributed by atoms with Crippen molar-refractivity contribution in [1.82, 2.24) is 8.61 Å². The average Bonchev–Trinajstić information content (AvgIpc) is 2.65. The molecule has 158 valence electrons. The molecule has 0 aliphatic carbocycles. The van der Waals surface area contributed by atoms with Gasteiger partial charge in [-0.15, -0.1) is 0 Å². The van der Waals surface area contributed by atoms with Gasteiger partial charge in [-0.25, -0.2) is 16.8 Å². The van der Waals surface area contributed by atoms with Crippen LogP contribution in [0, 0.1) is 13.8 Å². The summed E-state index contributed by atoms with van der Waals surface area (Å²) in [6.45, 7) is 5.54. The molecule has 0 aromatic heterocycles. The first kappa shape index (κ1) is 22.9. The third-order valence-corrected chi connectivity index (χ3v) is 10.2. The van der Waals surface area contributed by atoms with E-state index in [1.54, 1.807) is 57.2 Å². The van der Waals surface area contributed by atoms with Crippen molar-refractivity contribution in [3.05, 3.63) is 56.5 Å². The zero-order valence-electron chi connectivity index (χ0n) is 16.3. The van der Waals surface area contributed by atoms with Crippen molar-refractivity contribution in [3.8, 4) is 0 Å². The lowest BCUT2D eigenvalue weighted by Gasteiger charge is -2.38. The molecule has 1 unspecified atom stereocenters. The lowest BCUT2D eigenvalue weighted by atomic mass is 10.2. The number of piperazine rings is 1. The van der Waals surface area contributed by atoms with Crippen molar-refractivity contribution in [2.24, 2.45) is 0 Å². The molecule has 1 fully saturated rings. The van der Waals surface area contributed by atoms with E-state index in [-0.39, 0.29) is 29.4 Å². The SMILES string of the molecule is Cc1ccc(Br)cc1S(=O)(=O)N1CCN(S(=O)(=O)c2cc(Br)ccc2C)C(C)C1. The van der Waals surface area contributed by atoms with Gasteiger partial charge in [-0.2, -0.15) is 8.61 Å². The second-order valence-electron chi connectivity index (χ2n) is 7.15. The van der Waals surface area contributed by atoms with E-state index in [0.29, 0.717) is 20.1 Å². The van der Waals surface area contributed by atoms with Gasteiger partial charge in [-0.3, -0.25) is 0 Å². The van der Waals surface area contributed by atoms with Gasteiger partial charge >= 0.3 is 0 Å². The minimum absolute atomic E-state index is 0.0978. The molecule has 0 saturated carbocycles. The molecule has 1 aliphatic heterocycles. The van der Waals surface area contributed by atoms with E-state index in [1.165, 1.54) is 8.61 Å². The van der Waals surface area contributed by atoms with E-state index in [4.69, 9.17) is 0 Å². The maximum absolute atomic E-state index is 13.2. The van der Waals surface area contributed by atoms with E-state index in [0.717, 1.165) is 0 Å². The molecule has 3 rings (SSSR count). The van der Waals surface area contributed by atoms with Crippen LogP contribution in [-0.2, 0) is 20.0 Å². The Hall–Kier alpha value is -0.780. The summed E-state index contributed by atoms with van der Waals surface area (Å²) in [6.07, 6.45) is 0. The van der Waals surface area contributed by atoms with Gasteiger partial charge < -0.3 is 0 Å². The molecule has 0 N–H and O–H groups in total. The maximum atomic E-state index is 13.2. The van der Waals surface area contributed by atoms with E-state index in [1.807, 2.05) is 0 Å². The molecule has 1 atom stereocenters. The van der Waals surface area contributed by atoms with Crippen LogP contribution in [0.3, 0.4) is 0 Å². The fraction of sp³-hybridized carbons (Fsp3) is 0.368. The standard InChI is InChI=1S/C19H22Br2N2O4S2/c1-13-4-6-16(20)10-18(13)28(24,25)22-8-9-23(15(3)12-22)29(26,27)19-11-17(21)7-5-14(19)2/h4-7,10-11,15H,8-9,12H2,1-3H3. The molecular weight excluding hydrogens is 544 g/mol. The topological polar surface area (TPSA) is 74.8 Å². The van der Waals surface area contributed by atoms with E-state index < -0.39 is 26.1 Å². The fourth-order valence-corrected chi connectivity index (χ4v) is 8.11. The minimum atomic E-state index is -3.74. The van der Waals surface area contributed by atoms with Gasteiger partial charge in [0.1, 0.15) is 0 Å². The van der Waals surface area contributed by atoms with Crippen molar-refractivity contribution in [2.45, 2.75) is 36.6 Å². The van der Waals surface area contributed by atoms with E-state index in [9.17, 15) is 16.8 Å². The Morgan fingerprint density at radius 2 is 1.31 bits per heavy atom. The Morgan fingerprint density at radius 1 is 0.828 bits per heavy atom. The summed E-state index contributed by atoms with van der Waals surface area (Å²) in [5, 5.41) is 0. The van der Waals surface area contributed by atoms with Gasteiger partial charge in [0, 0.05) is 34.6 Å². The highest BCUT2D eigenvalue weighted by atomic mass is 79.9. The smallest absolute Gasteiger partial charge is 0.207 e. The Balaban J connectivity index is 1.89. The first-order valence-electron chi connectivity index (χ1n) is 8.99. The quantitative estimate of drug-likeness (QED) is 0.563. The molecule has 0 spiro atoms. The molecule has 1 saturated heterocycles. The van der Waals surface area contributed by atoms with Gasteiger partial charge in [0.25, 0.3) is 0 Å². The number of benzene rings is 2. The first-order chi connectivity index (χ1) is 13.4. The van der Waals surface area contributed by atoms with Gasteiger partial charge in [-0.05, 0) is 56.2 Å². The summed E-state index contributed by atoms with van der Waals surface area (Å²) in [6, 6.07) is 9.77. The zero-order chi connectivity index (χ0) is 21.6. The Bertz CT molecular complexity index is 1150. The Morgan fingerprint density at radius 3 is 1.79 bits per heavy atom. The van der Waals surface area contributed by atoms with Crippen LogP contribution in [0.2, 0.25) is 0 Å². The second kappa shape index (κ2) is 8.39. The molecule has 1 heterocycles. The van der Waals surface area contributed by atoms with Gasteiger partial charge in [-0.1, -0.05) is 44.0 Å². The molecule has 2 aromatic carbocycles. The Kier molecular flexibility index (Phi) is 6.63. The molecular formula is C19H22Br2N2O4S2. The van der Waals surface area contributed by atoms with Crippen molar-refractivity contribution < 1.29 is 16.8 Å². The zero-order valence-corrected chi connectivity index (χ0v) is 21.1. The van der Waals surface area contributed by atoms with Crippen LogP contribution >= 0.6 is 31.9 Å². The van der Waals surface area contributed by atoms with Crippen LogP contribution in [0.5, 0.6) is 0 Å². The number of rotatable bonds is 4. The number of halogens is 2. The van der Waals surface area contributed by atoms with Crippen LogP contribution in [0.25, 0.3) is 0 Å². The third kappa shape index (κ3) is 4.47. The predicted octanol–water partition coefficient (Wildman–Crippen LogP) is 3.91. The average molecular weight is 566 g/mol. The normalized spacial score (nSPS) is 19.4. The van der Waals surface area contributed by atoms with Gasteiger partial charge in [0.15, 0.2) is 0 Å². The van der Waals surface area contributed by atoms with Crippen LogP contribution < -0.4 is 0 Å². The van der Waals surface area contributed by atoms with Crippen LogP contribution in [0.1, 0.15) is 18.1 Å². The van der Waals surface area contributed by atoms with Crippen molar-refractivity contribution >= 4 is 51.9 Å². The summed E-state index contributed by atoms with van der Waals surface area (Å²) in [5.41, 5.74) is 1.31. The molecule has 6 nitrogen and oxygen atoms in total. The first-order valence-corrected chi connectivity index (χ1v) is 13.5. The Labute approximate surface area is 189 Å². The highest BCUT2D eigenvalue weighted by Crippen LogP contribution is 2.30. The molecule has 0 amide bonds. The lowest BCUT2D eigenvalue weighted by Crippen LogP contribution is -2.55. The number of aryl methyl sites for hydroxylation is 2. The molecule has 2 aromatic rings. The number of nitrogens with zero attached hydrogens (tertiary/aromatic N) is 2. The molecule has 29 heavy (non-hydrogen) atoms. The summed E-state index contributed by atoms with van der Waals surface area (Å²) < 4.78 is 56.9. The number of hydrogen-bond donors (Lipinski definition) is 0. The maximum Gasteiger partial charge on any atom is 0.243 e. The summed E-state index contributed by atoms with van der Waals surface area (Å²) in [5.74, 6) is 0. The number of sulfonamides is 2. The van der Waals surface area contributed by atoms with Crippen molar-refractivity contribution in [1.29, 1.82) is 0 Å². The monoisotopic (exact) mass is 564 g/mol. The lowest BCUT2D eigenvalue weighted by molar-refractivity contribution is 0.212. The van der Waals surface area contributed by atoms with Crippen molar-refractivity contribution in [3.63, 3.8) is 0 Å². The summed E-state index contributed by atoms with van der Waals surface area (Å²) >= 11 is 6.65. The molecule has 1 aliphatic rings. The van der Waals surface area contributed by atoms with Crippen LogP contribution in [-0.4, -0.2) is 51.1 Å². The summed E-state index contributed by atoms with van der Waals surface area (Å²) in [4.78, 5) is 0.469. The minimum Gasteiger partial charge on any atom is -0.207 e. The van der Waals surface area contributed by atoms with Crippen LogP contribution in [0.4, 0.5) is 0 Å². The fourth-order valence-electron chi connectivity index (χ4n) is 3.45. The molecule has 0 radical (unpaired) electrons. The number of hydrogen-bond acceptors (Lipinski definition) is 4. The van der Waals surface area contributed by atoms with Crippen molar-refractivity contribution in [2.75, 3.05) is 19.6 Å². The predicted molar refractivity (Wildman–Crippen MR) is 120 cm³/mol. The van der Waals surface area contributed by atoms with E-state index in [2.05, 4.69) is 31.9 Å².